The van der Waals surface area contributed by atoms with Crippen molar-refractivity contribution in [3.8, 4) is 0 Å². The summed E-state index contributed by atoms with van der Waals surface area (Å²) < 4.78 is 0. The number of carbonyl (C=O) groups is 1. The van der Waals surface area contributed by atoms with Gasteiger partial charge in [0.05, 0.1) is 16.6 Å². The summed E-state index contributed by atoms with van der Waals surface area (Å²) in [6.07, 6.45) is 0. The average molecular weight is 281 g/mol. The van der Waals surface area contributed by atoms with E-state index in [0.29, 0.717) is 16.3 Å². The van der Waals surface area contributed by atoms with E-state index in [0.717, 1.165) is 4.88 Å². The van der Waals surface area contributed by atoms with E-state index in [4.69, 9.17) is 17.3 Å². The Bertz CT molecular complexity index is 554. The Hall–Kier alpha value is -1.52. The number of halogens is 1. The van der Waals surface area contributed by atoms with E-state index in [9.17, 15) is 4.79 Å². The number of rotatable bonds is 3. The van der Waals surface area contributed by atoms with Gasteiger partial charge in [-0.15, -0.1) is 11.3 Å². The zero-order valence-corrected chi connectivity index (χ0v) is 11.4. The van der Waals surface area contributed by atoms with Crippen molar-refractivity contribution in [3.05, 3.63) is 51.2 Å². The van der Waals surface area contributed by atoms with Gasteiger partial charge in [0, 0.05) is 10.6 Å². The normalized spacial score (nSPS) is 12.1. The fourth-order valence-electron chi connectivity index (χ4n) is 1.60. The molecule has 3 N–H and O–H groups in total. The molecule has 1 atom stereocenters. The molecular formula is C13H13ClN2OS. The molecule has 0 saturated heterocycles. The summed E-state index contributed by atoms with van der Waals surface area (Å²) in [6, 6.07) is 8.77. The SMILES string of the molecule is CC(NC(=O)c1cc(N)ccc1Cl)c1cccs1. The first-order valence-corrected chi connectivity index (χ1v) is 6.73. The molecule has 1 amide bonds. The maximum atomic E-state index is 12.1. The van der Waals surface area contributed by atoms with Crippen LogP contribution in [0.3, 0.4) is 0 Å². The van der Waals surface area contributed by atoms with Gasteiger partial charge in [-0.1, -0.05) is 17.7 Å². The van der Waals surface area contributed by atoms with Gasteiger partial charge < -0.3 is 11.1 Å². The molecule has 0 aliphatic heterocycles. The topological polar surface area (TPSA) is 55.1 Å². The Morgan fingerprint density at radius 1 is 1.44 bits per heavy atom. The molecule has 0 aliphatic carbocycles. The molecule has 0 spiro atoms. The second-order valence-electron chi connectivity index (χ2n) is 3.95. The van der Waals surface area contributed by atoms with Crippen LogP contribution in [-0.2, 0) is 0 Å². The van der Waals surface area contributed by atoms with Crippen molar-refractivity contribution in [3.63, 3.8) is 0 Å². The Balaban J connectivity index is 2.15. The molecule has 0 radical (unpaired) electrons. The minimum Gasteiger partial charge on any atom is -0.399 e. The second-order valence-corrected chi connectivity index (χ2v) is 5.34. The Morgan fingerprint density at radius 3 is 2.89 bits per heavy atom. The van der Waals surface area contributed by atoms with Crippen molar-refractivity contribution in [1.29, 1.82) is 0 Å². The number of anilines is 1. The fourth-order valence-corrected chi connectivity index (χ4v) is 2.54. The van der Waals surface area contributed by atoms with Crippen LogP contribution in [0.4, 0.5) is 5.69 Å². The molecular weight excluding hydrogens is 268 g/mol. The molecule has 2 rings (SSSR count). The lowest BCUT2D eigenvalue weighted by Gasteiger charge is -2.13. The van der Waals surface area contributed by atoms with Crippen molar-refractivity contribution in [1.82, 2.24) is 5.32 Å². The summed E-state index contributed by atoms with van der Waals surface area (Å²) in [7, 11) is 0. The lowest BCUT2D eigenvalue weighted by Crippen LogP contribution is -2.26. The molecule has 94 valence electrons. The number of hydrogen-bond donors (Lipinski definition) is 2. The quantitative estimate of drug-likeness (QED) is 0.846. The van der Waals surface area contributed by atoms with Crippen molar-refractivity contribution in [2.75, 3.05) is 5.73 Å². The third kappa shape index (κ3) is 2.83. The third-order valence-corrected chi connectivity index (χ3v) is 3.94. The highest BCUT2D eigenvalue weighted by Crippen LogP contribution is 2.22. The average Bonchev–Trinajstić information content (AvgIpc) is 2.85. The van der Waals surface area contributed by atoms with Crippen LogP contribution in [0.5, 0.6) is 0 Å². The number of hydrogen-bond acceptors (Lipinski definition) is 3. The lowest BCUT2D eigenvalue weighted by molar-refractivity contribution is 0.0940. The summed E-state index contributed by atoms with van der Waals surface area (Å²) in [5, 5.41) is 5.28. The van der Waals surface area contributed by atoms with E-state index in [1.165, 1.54) is 0 Å². The molecule has 3 nitrogen and oxygen atoms in total. The van der Waals surface area contributed by atoms with Crippen molar-refractivity contribution >= 4 is 34.5 Å². The smallest absolute Gasteiger partial charge is 0.253 e. The molecule has 1 aromatic carbocycles. The molecule has 2 aromatic rings. The molecule has 0 bridgehead atoms. The molecule has 1 unspecified atom stereocenters. The Labute approximate surface area is 115 Å². The predicted molar refractivity (Wildman–Crippen MR) is 76.1 cm³/mol. The molecule has 18 heavy (non-hydrogen) atoms. The highest BCUT2D eigenvalue weighted by molar-refractivity contribution is 7.10. The van der Waals surface area contributed by atoms with E-state index in [2.05, 4.69) is 5.32 Å². The largest absolute Gasteiger partial charge is 0.399 e. The van der Waals surface area contributed by atoms with Gasteiger partial charge in [0.1, 0.15) is 0 Å². The number of nitrogen functional groups attached to an aromatic ring is 1. The van der Waals surface area contributed by atoms with Crippen LogP contribution < -0.4 is 11.1 Å². The van der Waals surface area contributed by atoms with Gasteiger partial charge >= 0.3 is 0 Å². The first kappa shape index (κ1) is 12.9. The second kappa shape index (κ2) is 5.42. The first-order valence-electron chi connectivity index (χ1n) is 5.47. The van der Waals surface area contributed by atoms with E-state index in [1.807, 2.05) is 24.4 Å². The van der Waals surface area contributed by atoms with Crippen LogP contribution in [-0.4, -0.2) is 5.91 Å². The van der Waals surface area contributed by atoms with Crippen molar-refractivity contribution in [2.24, 2.45) is 0 Å². The van der Waals surface area contributed by atoms with Crippen LogP contribution in [0.15, 0.2) is 35.7 Å². The van der Waals surface area contributed by atoms with E-state index < -0.39 is 0 Å². The summed E-state index contributed by atoms with van der Waals surface area (Å²) in [4.78, 5) is 13.2. The van der Waals surface area contributed by atoms with Gasteiger partial charge in [-0.3, -0.25) is 4.79 Å². The van der Waals surface area contributed by atoms with Gasteiger partial charge in [0.2, 0.25) is 0 Å². The van der Waals surface area contributed by atoms with Crippen LogP contribution in [0.25, 0.3) is 0 Å². The summed E-state index contributed by atoms with van der Waals surface area (Å²) >= 11 is 7.59. The van der Waals surface area contributed by atoms with Crippen molar-refractivity contribution < 1.29 is 4.79 Å². The molecule has 0 saturated carbocycles. The minimum atomic E-state index is -0.215. The number of nitrogens with two attached hydrogens (primary N) is 1. The summed E-state index contributed by atoms with van der Waals surface area (Å²) in [6.45, 7) is 1.93. The van der Waals surface area contributed by atoms with Gasteiger partial charge in [-0.05, 0) is 36.6 Å². The summed E-state index contributed by atoms with van der Waals surface area (Å²) in [5.41, 5.74) is 6.58. The zero-order chi connectivity index (χ0) is 13.1. The van der Waals surface area contributed by atoms with Gasteiger partial charge in [-0.25, -0.2) is 0 Å². The van der Waals surface area contributed by atoms with E-state index >= 15 is 0 Å². The molecule has 0 fully saturated rings. The van der Waals surface area contributed by atoms with Crippen LogP contribution in [0, 0.1) is 0 Å². The lowest BCUT2D eigenvalue weighted by atomic mass is 10.1. The fraction of sp³-hybridized carbons (Fsp3) is 0.154. The summed E-state index contributed by atoms with van der Waals surface area (Å²) in [5.74, 6) is -0.215. The highest BCUT2D eigenvalue weighted by atomic mass is 35.5. The number of carbonyl (C=O) groups excluding carboxylic acids is 1. The number of thiophene rings is 1. The Kier molecular flexibility index (Phi) is 3.89. The molecule has 1 aromatic heterocycles. The van der Waals surface area contributed by atoms with Gasteiger partial charge in [-0.2, -0.15) is 0 Å². The minimum absolute atomic E-state index is 0.0463. The maximum Gasteiger partial charge on any atom is 0.253 e. The van der Waals surface area contributed by atoms with E-state index in [1.54, 1.807) is 29.5 Å². The molecule has 0 aliphatic rings. The zero-order valence-electron chi connectivity index (χ0n) is 9.81. The van der Waals surface area contributed by atoms with Crippen LogP contribution in [0.1, 0.15) is 28.2 Å². The van der Waals surface area contributed by atoms with Gasteiger partial charge in [0.25, 0.3) is 5.91 Å². The molecule has 1 heterocycles. The first-order chi connectivity index (χ1) is 8.58. The number of amides is 1. The number of benzene rings is 1. The highest BCUT2D eigenvalue weighted by Gasteiger charge is 2.14. The molecule has 5 heteroatoms. The van der Waals surface area contributed by atoms with Gasteiger partial charge in [0.15, 0.2) is 0 Å². The predicted octanol–water partition coefficient (Wildman–Crippen LogP) is 3.47. The Morgan fingerprint density at radius 2 is 2.22 bits per heavy atom. The van der Waals surface area contributed by atoms with Crippen molar-refractivity contribution in [2.45, 2.75) is 13.0 Å². The monoisotopic (exact) mass is 280 g/mol. The van der Waals surface area contributed by atoms with Crippen LogP contribution in [0.2, 0.25) is 5.02 Å². The number of nitrogens with one attached hydrogen (secondary N) is 1. The maximum absolute atomic E-state index is 12.1. The van der Waals surface area contributed by atoms with E-state index in [-0.39, 0.29) is 11.9 Å². The third-order valence-electron chi connectivity index (χ3n) is 2.55. The standard InChI is InChI=1S/C13H13ClN2OS/c1-8(12-3-2-6-18-12)16-13(17)10-7-9(15)4-5-11(10)14/h2-8H,15H2,1H3,(H,16,17). The van der Waals surface area contributed by atoms with Crippen LogP contribution >= 0.6 is 22.9 Å².